The summed E-state index contributed by atoms with van der Waals surface area (Å²) in [5.41, 5.74) is 0. The van der Waals surface area contributed by atoms with Gasteiger partial charge in [-0.2, -0.15) is 0 Å². The van der Waals surface area contributed by atoms with Gasteiger partial charge in [0.25, 0.3) is 0 Å². The molecule has 1 heterocycles. The molecule has 2 N–H and O–H groups in total. The van der Waals surface area contributed by atoms with E-state index in [1.54, 1.807) is 0 Å². The summed E-state index contributed by atoms with van der Waals surface area (Å²) >= 11 is 0. The predicted octanol–water partition coefficient (Wildman–Crippen LogP) is 0.258. The van der Waals surface area contributed by atoms with Gasteiger partial charge in [0.1, 0.15) is 0 Å². The molecule has 1 aliphatic rings. The summed E-state index contributed by atoms with van der Waals surface area (Å²) in [7, 11) is 0. The third-order valence-electron chi connectivity index (χ3n) is 2.50. The number of carboxylic acid groups (broad SMARTS) is 2. The van der Waals surface area contributed by atoms with Crippen LogP contribution in [0.3, 0.4) is 0 Å². The van der Waals surface area contributed by atoms with E-state index in [9.17, 15) is 9.59 Å². The van der Waals surface area contributed by atoms with Crippen LogP contribution in [0.25, 0.3) is 0 Å². The van der Waals surface area contributed by atoms with Crippen molar-refractivity contribution in [3.63, 3.8) is 0 Å². The fraction of sp³-hybridized carbons (Fsp3) is 0.778. The van der Waals surface area contributed by atoms with Gasteiger partial charge in [-0.05, 0) is 19.4 Å². The summed E-state index contributed by atoms with van der Waals surface area (Å²) in [6, 6.07) is 0. The van der Waals surface area contributed by atoms with Crippen LogP contribution >= 0.6 is 0 Å². The lowest BCUT2D eigenvalue weighted by molar-refractivity contribution is -0.143. The van der Waals surface area contributed by atoms with Gasteiger partial charge >= 0.3 is 11.9 Å². The van der Waals surface area contributed by atoms with Gasteiger partial charge in [-0.3, -0.25) is 9.59 Å². The third kappa shape index (κ3) is 3.33. The molecule has 1 aliphatic heterocycles. The maximum Gasteiger partial charge on any atom is 0.307 e. The first-order valence-corrected chi connectivity index (χ1v) is 4.76. The van der Waals surface area contributed by atoms with Crippen molar-refractivity contribution in [3.8, 4) is 0 Å². The van der Waals surface area contributed by atoms with Crippen molar-refractivity contribution >= 4 is 11.9 Å². The summed E-state index contributed by atoms with van der Waals surface area (Å²) in [5.74, 6) is -1.93. The first-order chi connectivity index (χ1) is 6.59. The fourth-order valence-corrected chi connectivity index (χ4v) is 1.71. The van der Waals surface area contributed by atoms with Crippen LogP contribution in [0.5, 0.6) is 0 Å². The monoisotopic (exact) mass is 201 g/mol. The van der Waals surface area contributed by atoms with Crippen molar-refractivity contribution in [3.05, 3.63) is 0 Å². The van der Waals surface area contributed by atoms with Crippen molar-refractivity contribution < 1.29 is 19.8 Å². The van der Waals surface area contributed by atoms with E-state index in [4.69, 9.17) is 10.2 Å². The van der Waals surface area contributed by atoms with Crippen LogP contribution in [-0.2, 0) is 9.59 Å². The first kappa shape index (κ1) is 11.0. The molecule has 0 amide bonds. The smallest absolute Gasteiger partial charge is 0.307 e. The zero-order chi connectivity index (χ0) is 10.6. The second kappa shape index (κ2) is 4.95. The highest BCUT2D eigenvalue weighted by atomic mass is 16.4. The molecule has 0 aromatic rings. The SMILES string of the molecule is O=C(O)CCN1CCCC(C(=O)O)C1. The van der Waals surface area contributed by atoms with Gasteiger partial charge in [0.2, 0.25) is 0 Å². The van der Waals surface area contributed by atoms with Crippen molar-refractivity contribution in [1.29, 1.82) is 0 Å². The summed E-state index contributed by atoms with van der Waals surface area (Å²) in [6.45, 7) is 1.76. The molecular weight excluding hydrogens is 186 g/mol. The van der Waals surface area contributed by atoms with Crippen LogP contribution < -0.4 is 0 Å². The average molecular weight is 201 g/mol. The van der Waals surface area contributed by atoms with Crippen molar-refractivity contribution in [1.82, 2.24) is 4.90 Å². The Morgan fingerprint density at radius 3 is 2.64 bits per heavy atom. The zero-order valence-electron chi connectivity index (χ0n) is 7.98. The van der Waals surface area contributed by atoms with E-state index in [2.05, 4.69) is 0 Å². The molecule has 14 heavy (non-hydrogen) atoms. The van der Waals surface area contributed by atoms with Gasteiger partial charge in [0.05, 0.1) is 12.3 Å². The van der Waals surface area contributed by atoms with Gasteiger partial charge in [-0.15, -0.1) is 0 Å². The average Bonchev–Trinajstić information content (AvgIpc) is 2.15. The molecule has 0 saturated carbocycles. The summed E-state index contributed by atoms with van der Waals surface area (Å²) in [6.07, 6.45) is 1.64. The molecule has 5 heteroatoms. The molecule has 1 atom stereocenters. The fourth-order valence-electron chi connectivity index (χ4n) is 1.71. The molecule has 0 radical (unpaired) electrons. The number of likely N-dealkylation sites (tertiary alicyclic amines) is 1. The minimum Gasteiger partial charge on any atom is -0.481 e. The van der Waals surface area contributed by atoms with Crippen LogP contribution in [0.4, 0.5) is 0 Å². The maximum absolute atomic E-state index is 10.7. The molecule has 1 saturated heterocycles. The van der Waals surface area contributed by atoms with Crippen molar-refractivity contribution in [2.24, 2.45) is 5.92 Å². The molecule has 1 fully saturated rings. The Bertz CT molecular complexity index is 229. The first-order valence-electron chi connectivity index (χ1n) is 4.76. The Hall–Kier alpha value is -1.10. The van der Waals surface area contributed by atoms with Crippen LogP contribution in [0.15, 0.2) is 0 Å². The van der Waals surface area contributed by atoms with E-state index >= 15 is 0 Å². The highest BCUT2D eigenvalue weighted by Gasteiger charge is 2.25. The molecule has 1 rings (SSSR count). The van der Waals surface area contributed by atoms with E-state index in [1.165, 1.54) is 0 Å². The number of hydrogen-bond donors (Lipinski definition) is 2. The molecule has 0 aliphatic carbocycles. The van der Waals surface area contributed by atoms with Gasteiger partial charge in [-0.1, -0.05) is 0 Å². The molecule has 0 spiro atoms. The summed E-state index contributed by atoms with van der Waals surface area (Å²) in [5, 5.41) is 17.3. The molecule has 80 valence electrons. The number of carbonyl (C=O) groups is 2. The number of carboxylic acids is 2. The number of piperidine rings is 1. The third-order valence-corrected chi connectivity index (χ3v) is 2.50. The minimum atomic E-state index is -0.831. The normalized spacial score (nSPS) is 23.3. The van der Waals surface area contributed by atoms with Crippen LogP contribution in [0.1, 0.15) is 19.3 Å². The number of nitrogens with zero attached hydrogens (tertiary/aromatic N) is 1. The van der Waals surface area contributed by atoms with Crippen molar-refractivity contribution in [2.75, 3.05) is 19.6 Å². The molecule has 0 bridgehead atoms. The van der Waals surface area contributed by atoms with E-state index < -0.39 is 11.9 Å². The van der Waals surface area contributed by atoms with Crippen molar-refractivity contribution in [2.45, 2.75) is 19.3 Å². The van der Waals surface area contributed by atoms with E-state index in [0.29, 0.717) is 19.5 Å². The van der Waals surface area contributed by atoms with E-state index in [1.807, 2.05) is 4.90 Å². The molecule has 1 unspecified atom stereocenters. The molecule has 5 nitrogen and oxygen atoms in total. The quantitative estimate of drug-likeness (QED) is 0.682. The van der Waals surface area contributed by atoms with Gasteiger partial charge in [0.15, 0.2) is 0 Å². The molecular formula is C9H15NO4. The van der Waals surface area contributed by atoms with Gasteiger partial charge in [0, 0.05) is 13.1 Å². The standard InChI is InChI=1S/C9H15NO4/c11-8(12)3-5-10-4-1-2-7(6-10)9(13)14/h7H,1-6H2,(H,11,12)(H,13,14). The largest absolute Gasteiger partial charge is 0.481 e. The Morgan fingerprint density at radius 1 is 1.36 bits per heavy atom. The van der Waals surface area contributed by atoms with E-state index in [0.717, 1.165) is 13.0 Å². The second-order valence-corrected chi connectivity index (χ2v) is 3.62. The van der Waals surface area contributed by atoms with Crippen LogP contribution in [0.2, 0.25) is 0 Å². The highest BCUT2D eigenvalue weighted by molar-refractivity contribution is 5.70. The van der Waals surface area contributed by atoms with Crippen LogP contribution in [0, 0.1) is 5.92 Å². The molecule has 0 aromatic carbocycles. The highest BCUT2D eigenvalue weighted by Crippen LogP contribution is 2.16. The lowest BCUT2D eigenvalue weighted by Crippen LogP contribution is -2.39. The number of rotatable bonds is 4. The predicted molar refractivity (Wildman–Crippen MR) is 49.1 cm³/mol. The van der Waals surface area contributed by atoms with Gasteiger partial charge in [-0.25, -0.2) is 0 Å². The Morgan fingerprint density at radius 2 is 2.07 bits per heavy atom. The zero-order valence-corrected chi connectivity index (χ0v) is 7.98. The van der Waals surface area contributed by atoms with E-state index in [-0.39, 0.29) is 12.3 Å². The maximum atomic E-state index is 10.7. The molecule has 0 aromatic heterocycles. The lowest BCUT2D eigenvalue weighted by Gasteiger charge is -2.29. The Labute approximate surface area is 82.3 Å². The summed E-state index contributed by atoms with van der Waals surface area (Å²) < 4.78 is 0. The Balaban J connectivity index is 2.32. The minimum absolute atomic E-state index is 0.0896. The van der Waals surface area contributed by atoms with Crippen LogP contribution in [-0.4, -0.2) is 46.7 Å². The topological polar surface area (TPSA) is 77.8 Å². The second-order valence-electron chi connectivity index (χ2n) is 3.62. The number of aliphatic carboxylic acids is 2. The number of hydrogen-bond acceptors (Lipinski definition) is 3. The Kier molecular flexibility index (Phi) is 3.88. The summed E-state index contributed by atoms with van der Waals surface area (Å²) in [4.78, 5) is 22.9. The lowest BCUT2D eigenvalue weighted by atomic mass is 9.98. The van der Waals surface area contributed by atoms with Gasteiger partial charge < -0.3 is 15.1 Å².